The third-order valence-corrected chi connectivity index (χ3v) is 5.85. The van der Waals surface area contributed by atoms with E-state index >= 15 is 0 Å². The van der Waals surface area contributed by atoms with Gasteiger partial charge in [-0.2, -0.15) is 0 Å². The molecule has 9 heteroatoms. The molecule has 4 rings (SSSR count). The number of nitrogens with zero attached hydrogens (tertiary/aromatic N) is 2. The van der Waals surface area contributed by atoms with Crippen LogP contribution in [0.5, 0.6) is 5.75 Å². The Kier molecular flexibility index (Phi) is 8.47. The Morgan fingerprint density at radius 1 is 1.03 bits per heavy atom. The van der Waals surface area contributed by atoms with Crippen LogP contribution >= 0.6 is 0 Å². The molecule has 196 valence electrons. The van der Waals surface area contributed by atoms with Crippen LogP contribution in [0.15, 0.2) is 88.2 Å². The largest absolute Gasteiger partial charge is 0.489 e. The summed E-state index contributed by atoms with van der Waals surface area (Å²) in [7, 11) is 0. The molecule has 0 saturated heterocycles. The van der Waals surface area contributed by atoms with Crippen molar-refractivity contribution in [3.05, 3.63) is 106 Å². The molecule has 0 aliphatic heterocycles. The highest BCUT2D eigenvalue weighted by Crippen LogP contribution is 2.18. The maximum Gasteiger partial charge on any atom is 0.442 e. The van der Waals surface area contributed by atoms with Crippen molar-refractivity contribution in [3.63, 3.8) is 0 Å². The van der Waals surface area contributed by atoms with E-state index in [-0.39, 0.29) is 18.3 Å². The second kappa shape index (κ2) is 12.1. The number of benzene rings is 3. The van der Waals surface area contributed by atoms with Crippen LogP contribution in [-0.4, -0.2) is 27.5 Å². The number of ketones is 1. The van der Waals surface area contributed by atoms with Crippen molar-refractivity contribution in [3.8, 4) is 17.1 Å². The van der Waals surface area contributed by atoms with Gasteiger partial charge in [0.2, 0.25) is 0 Å². The molecule has 0 aliphatic carbocycles. The maximum absolute atomic E-state index is 13.3. The minimum atomic E-state index is -0.862. The molecule has 0 bridgehead atoms. The van der Waals surface area contributed by atoms with Crippen molar-refractivity contribution < 1.29 is 23.2 Å². The topological polar surface area (TPSA) is 103 Å². The Morgan fingerprint density at radius 2 is 1.76 bits per heavy atom. The van der Waals surface area contributed by atoms with Crippen molar-refractivity contribution in [1.29, 1.82) is 0 Å². The second-order valence-electron chi connectivity index (χ2n) is 9.29. The van der Waals surface area contributed by atoms with E-state index in [2.05, 4.69) is 10.5 Å². The Morgan fingerprint density at radius 3 is 2.47 bits per heavy atom. The standard InChI is InChI=1S/C29H28FN3O5/c1-19(2)15-25(26(34)17-33-27(32-38-29(33)36)21-11-13-23(30)14-12-21)31-28(35)22-9-6-10-24(16-22)37-18-20-7-4-3-5-8-20/h3-14,16,19,25H,15,17-18H2,1-2H3,(H,31,35)/t25-/m0/s1. The molecule has 1 heterocycles. The molecule has 1 amide bonds. The number of carbonyl (C=O) groups excluding carboxylic acids is 2. The van der Waals surface area contributed by atoms with E-state index in [0.29, 0.717) is 29.9 Å². The average Bonchev–Trinajstić information content (AvgIpc) is 3.27. The summed E-state index contributed by atoms with van der Waals surface area (Å²) in [5.41, 5.74) is 1.75. The molecule has 0 saturated carbocycles. The molecule has 1 atom stereocenters. The number of nitrogens with one attached hydrogen (secondary N) is 1. The fourth-order valence-corrected chi connectivity index (χ4v) is 3.93. The van der Waals surface area contributed by atoms with Gasteiger partial charge in [-0.1, -0.05) is 55.4 Å². The third kappa shape index (κ3) is 6.82. The third-order valence-electron chi connectivity index (χ3n) is 5.85. The SMILES string of the molecule is CC(C)C[C@H](NC(=O)c1cccc(OCc2ccccc2)c1)C(=O)Cn1c(-c2ccc(F)cc2)noc1=O. The number of amides is 1. The fraction of sp³-hybridized carbons (Fsp3) is 0.241. The molecule has 0 spiro atoms. The quantitative estimate of drug-likeness (QED) is 0.311. The first-order chi connectivity index (χ1) is 18.3. The van der Waals surface area contributed by atoms with Gasteiger partial charge >= 0.3 is 5.76 Å². The van der Waals surface area contributed by atoms with Crippen LogP contribution in [0.1, 0.15) is 36.2 Å². The van der Waals surface area contributed by atoms with Gasteiger partial charge < -0.3 is 10.1 Å². The minimum absolute atomic E-state index is 0.0838. The lowest BCUT2D eigenvalue weighted by Gasteiger charge is -2.20. The molecule has 1 N–H and O–H groups in total. The summed E-state index contributed by atoms with van der Waals surface area (Å²) in [6, 6.07) is 20.8. The molecule has 0 fully saturated rings. The summed E-state index contributed by atoms with van der Waals surface area (Å²) in [6.07, 6.45) is 0.362. The zero-order chi connectivity index (χ0) is 27.1. The van der Waals surface area contributed by atoms with Gasteiger partial charge in [0.05, 0.1) is 12.6 Å². The van der Waals surface area contributed by atoms with Crippen molar-refractivity contribution in [2.24, 2.45) is 5.92 Å². The van der Waals surface area contributed by atoms with Crippen LogP contribution in [0.25, 0.3) is 11.4 Å². The molecule has 8 nitrogen and oxygen atoms in total. The van der Waals surface area contributed by atoms with E-state index in [0.717, 1.165) is 10.1 Å². The van der Waals surface area contributed by atoms with Crippen molar-refractivity contribution in [2.75, 3.05) is 0 Å². The smallest absolute Gasteiger partial charge is 0.442 e. The number of aromatic nitrogens is 2. The molecular formula is C29H28FN3O5. The van der Waals surface area contributed by atoms with Crippen molar-refractivity contribution in [1.82, 2.24) is 15.0 Å². The number of ether oxygens (including phenoxy) is 1. The first kappa shape index (κ1) is 26.5. The van der Waals surface area contributed by atoms with Crippen molar-refractivity contribution in [2.45, 2.75) is 39.5 Å². The summed E-state index contributed by atoms with van der Waals surface area (Å²) in [5, 5.41) is 6.55. The molecule has 3 aromatic carbocycles. The maximum atomic E-state index is 13.3. The molecule has 0 unspecified atom stereocenters. The molecular weight excluding hydrogens is 489 g/mol. The lowest BCUT2D eigenvalue weighted by atomic mass is 9.99. The lowest BCUT2D eigenvalue weighted by Crippen LogP contribution is -2.44. The lowest BCUT2D eigenvalue weighted by molar-refractivity contribution is -0.121. The van der Waals surface area contributed by atoms with Gasteiger partial charge in [-0.3, -0.25) is 14.1 Å². The van der Waals surface area contributed by atoms with Gasteiger partial charge in [0.15, 0.2) is 11.6 Å². The van der Waals surface area contributed by atoms with Crippen LogP contribution in [0.4, 0.5) is 4.39 Å². The highest BCUT2D eigenvalue weighted by molar-refractivity contribution is 5.98. The number of rotatable bonds is 11. The number of hydrogen-bond acceptors (Lipinski definition) is 6. The Labute approximate surface area is 219 Å². The van der Waals surface area contributed by atoms with Crippen molar-refractivity contribution >= 4 is 11.7 Å². The Hall–Kier alpha value is -4.53. The molecule has 1 aromatic heterocycles. The van der Waals surface area contributed by atoms with E-state index in [1.165, 1.54) is 24.3 Å². The van der Waals surface area contributed by atoms with Crippen LogP contribution < -0.4 is 15.8 Å². The predicted octanol–water partition coefficient (Wildman–Crippen LogP) is 4.64. The molecule has 4 aromatic rings. The van der Waals surface area contributed by atoms with E-state index in [9.17, 15) is 18.8 Å². The van der Waals surface area contributed by atoms with Crippen LogP contribution in [0.2, 0.25) is 0 Å². The summed E-state index contributed by atoms with van der Waals surface area (Å²) in [5.74, 6) is -1.40. The number of hydrogen-bond donors (Lipinski definition) is 1. The monoisotopic (exact) mass is 517 g/mol. The summed E-state index contributed by atoms with van der Waals surface area (Å²) >= 11 is 0. The first-order valence-corrected chi connectivity index (χ1v) is 12.2. The summed E-state index contributed by atoms with van der Waals surface area (Å²) < 4.78 is 25.0. The number of carbonyl (C=O) groups is 2. The van der Waals surface area contributed by atoms with Gasteiger partial charge in [0.25, 0.3) is 5.91 Å². The number of Topliss-reactive ketones (excluding diaryl/α,β-unsaturated/α-hetero) is 1. The van der Waals surface area contributed by atoms with E-state index in [4.69, 9.17) is 9.26 Å². The van der Waals surface area contributed by atoms with E-state index in [1.807, 2.05) is 44.2 Å². The summed E-state index contributed by atoms with van der Waals surface area (Å²) in [4.78, 5) is 38.7. The second-order valence-corrected chi connectivity index (χ2v) is 9.29. The summed E-state index contributed by atoms with van der Waals surface area (Å²) in [6.45, 7) is 3.84. The predicted molar refractivity (Wildman–Crippen MR) is 139 cm³/mol. The average molecular weight is 518 g/mol. The van der Waals surface area contributed by atoms with Gasteiger partial charge in [-0.25, -0.2) is 13.8 Å². The fourth-order valence-electron chi connectivity index (χ4n) is 3.93. The van der Waals surface area contributed by atoms with Gasteiger partial charge in [-0.05, 0) is 60.4 Å². The van der Waals surface area contributed by atoms with E-state index < -0.39 is 29.3 Å². The minimum Gasteiger partial charge on any atom is -0.489 e. The number of halogens is 1. The highest BCUT2D eigenvalue weighted by Gasteiger charge is 2.25. The zero-order valence-corrected chi connectivity index (χ0v) is 21.1. The van der Waals surface area contributed by atoms with Crippen LogP contribution in [0, 0.1) is 11.7 Å². The molecule has 0 radical (unpaired) electrons. The van der Waals surface area contributed by atoms with Gasteiger partial charge in [-0.15, -0.1) is 0 Å². The van der Waals surface area contributed by atoms with E-state index in [1.54, 1.807) is 24.3 Å². The Balaban J connectivity index is 1.48. The molecule has 38 heavy (non-hydrogen) atoms. The van der Waals surface area contributed by atoms with Gasteiger partial charge in [0.1, 0.15) is 18.2 Å². The van der Waals surface area contributed by atoms with Gasteiger partial charge in [0, 0.05) is 11.1 Å². The highest BCUT2D eigenvalue weighted by atomic mass is 19.1. The molecule has 0 aliphatic rings. The normalized spacial score (nSPS) is 11.8. The zero-order valence-electron chi connectivity index (χ0n) is 21.1. The first-order valence-electron chi connectivity index (χ1n) is 12.2. The van der Waals surface area contributed by atoms with Crippen LogP contribution in [0.3, 0.4) is 0 Å². The van der Waals surface area contributed by atoms with Crippen LogP contribution in [-0.2, 0) is 17.9 Å². The Bertz CT molecular complexity index is 1450.